The Balaban J connectivity index is 1.52. The Hall–Kier alpha value is -3.80. The molecule has 2 N–H and O–H groups in total. The van der Waals surface area contributed by atoms with Gasteiger partial charge in [0.15, 0.2) is 0 Å². The van der Waals surface area contributed by atoms with E-state index in [4.69, 9.17) is 0 Å². The first-order valence-electron chi connectivity index (χ1n) is 8.53. The fraction of sp³-hybridized carbons (Fsp3) is 0.0476. The van der Waals surface area contributed by atoms with E-state index < -0.39 is 0 Å². The van der Waals surface area contributed by atoms with Gasteiger partial charge in [0.2, 0.25) is 0 Å². The third kappa shape index (κ3) is 3.90. The number of amides is 1. The van der Waals surface area contributed by atoms with Crippen molar-refractivity contribution in [2.24, 2.45) is 0 Å². The van der Waals surface area contributed by atoms with E-state index in [0.29, 0.717) is 23.7 Å². The van der Waals surface area contributed by atoms with Crippen molar-refractivity contribution in [2.45, 2.75) is 6.54 Å². The van der Waals surface area contributed by atoms with Crippen molar-refractivity contribution in [3.05, 3.63) is 90.5 Å². The van der Waals surface area contributed by atoms with Crippen molar-refractivity contribution in [3.8, 4) is 0 Å². The maximum absolute atomic E-state index is 12.7. The van der Waals surface area contributed by atoms with E-state index in [1.807, 2.05) is 42.5 Å². The zero-order valence-electron chi connectivity index (χ0n) is 14.5. The number of aromatic nitrogens is 3. The second-order valence-corrected chi connectivity index (χ2v) is 5.99. The first kappa shape index (κ1) is 16.7. The molecule has 0 aliphatic heterocycles. The number of fused-ring (bicyclic) bond motifs is 1. The Morgan fingerprint density at radius 3 is 2.59 bits per heavy atom. The fourth-order valence-corrected chi connectivity index (χ4v) is 2.75. The summed E-state index contributed by atoms with van der Waals surface area (Å²) in [6, 6.07) is 17.0. The SMILES string of the molecule is O=C(Nc1cc2ccccc2cn1)c1cccnc1NCc1cccnc1. The second kappa shape index (κ2) is 7.61. The summed E-state index contributed by atoms with van der Waals surface area (Å²) in [5, 5.41) is 8.08. The molecule has 4 rings (SSSR count). The number of nitrogens with zero attached hydrogens (tertiary/aromatic N) is 3. The van der Waals surface area contributed by atoms with Crippen molar-refractivity contribution < 1.29 is 4.79 Å². The van der Waals surface area contributed by atoms with E-state index in [2.05, 4.69) is 25.6 Å². The molecule has 132 valence electrons. The lowest BCUT2D eigenvalue weighted by molar-refractivity contribution is 0.102. The van der Waals surface area contributed by atoms with Crippen molar-refractivity contribution >= 4 is 28.3 Å². The monoisotopic (exact) mass is 355 g/mol. The summed E-state index contributed by atoms with van der Waals surface area (Å²) < 4.78 is 0. The molecule has 0 fully saturated rings. The molecule has 1 aromatic carbocycles. The van der Waals surface area contributed by atoms with Gasteiger partial charge in [-0.3, -0.25) is 9.78 Å². The van der Waals surface area contributed by atoms with Crippen LogP contribution in [0.1, 0.15) is 15.9 Å². The summed E-state index contributed by atoms with van der Waals surface area (Å²) in [6.07, 6.45) is 6.89. The molecular weight excluding hydrogens is 338 g/mol. The highest BCUT2D eigenvalue weighted by molar-refractivity contribution is 6.07. The largest absolute Gasteiger partial charge is 0.365 e. The van der Waals surface area contributed by atoms with E-state index in [0.717, 1.165) is 16.3 Å². The normalized spacial score (nSPS) is 10.5. The third-order valence-corrected chi connectivity index (χ3v) is 4.11. The molecule has 0 aliphatic carbocycles. The van der Waals surface area contributed by atoms with Crippen LogP contribution >= 0.6 is 0 Å². The van der Waals surface area contributed by atoms with E-state index in [1.54, 1.807) is 36.9 Å². The fourth-order valence-electron chi connectivity index (χ4n) is 2.75. The van der Waals surface area contributed by atoms with Gasteiger partial charge in [-0.25, -0.2) is 9.97 Å². The molecular formula is C21H17N5O. The molecule has 0 saturated heterocycles. The molecule has 1 amide bonds. The minimum atomic E-state index is -0.264. The average Bonchev–Trinajstić information content (AvgIpc) is 2.73. The summed E-state index contributed by atoms with van der Waals surface area (Å²) in [5.41, 5.74) is 1.46. The summed E-state index contributed by atoms with van der Waals surface area (Å²) >= 11 is 0. The molecule has 0 unspecified atom stereocenters. The Morgan fingerprint density at radius 1 is 0.889 bits per heavy atom. The van der Waals surface area contributed by atoms with Crippen LogP contribution in [-0.4, -0.2) is 20.9 Å². The van der Waals surface area contributed by atoms with Crippen LogP contribution in [0.5, 0.6) is 0 Å². The van der Waals surface area contributed by atoms with Gasteiger partial charge in [-0.15, -0.1) is 0 Å². The van der Waals surface area contributed by atoms with Gasteiger partial charge in [-0.1, -0.05) is 30.3 Å². The van der Waals surface area contributed by atoms with E-state index in [-0.39, 0.29) is 5.91 Å². The summed E-state index contributed by atoms with van der Waals surface area (Å²) in [5.74, 6) is 0.750. The van der Waals surface area contributed by atoms with E-state index in [1.165, 1.54) is 0 Å². The van der Waals surface area contributed by atoms with Gasteiger partial charge in [0.05, 0.1) is 5.56 Å². The van der Waals surface area contributed by atoms with E-state index in [9.17, 15) is 4.79 Å². The summed E-state index contributed by atoms with van der Waals surface area (Å²) in [6.45, 7) is 0.527. The zero-order valence-corrected chi connectivity index (χ0v) is 14.5. The van der Waals surface area contributed by atoms with Crippen LogP contribution in [0.3, 0.4) is 0 Å². The minimum Gasteiger partial charge on any atom is -0.365 e. The number of hydrogen-bond acceptors (Lipinski definition) is 5. The second-order valence-electron chi connectivity index (χ2n) is 5.99. The highest BCUT2D eigenvalue weighted by Crippen LogP contribution is 2.18. The molecule has 3 aromatic heterocycles. The Kier molecular flexibility index (Phi) is 4.70. The highest BCUT2D eigenvalue weighted by atomic mass is 16.1. The molecule has 6 heteroatoms. The molecule has 27 heavy (non-hydrogen) atoms. The third-order valence-electron chi connectivity index (χ3n) is 4.11. The Morgan fingerprint density at radius 2 is 1.74 bits per heavy atom. The van der Waals surface area contributed by atoms with Gasteiger partial charge in [-0.05, 0) is 35.2 Å². The van der Waals surface area contributed by atoms with Gasteiger partial charge < -0.3 is 10.6 Å². The van der Waals surface area contributed by atoms with Gasteiger partial charge in [-0.2, -0.15) is 0 Å². The standard InChI is InChI=1S/C21H17N5O/c27-21(26-19-11-16-6-1-2-7-17(16)14-24-19)18-8-4-10-23-20(18)25-13-15-5-3-9-22-12-15/h1-12,14H,13H2,(H,23,25)(H,24,26,27). The first-order chi connectivity index (χ1) is 13.3. The number of hydrogen-bond donors (Lipinski definition) is 2. The quantitative estimate of drug-likeness (QED) is 0.568. The predicted molar refractivity (Wildman–Crippen MR) is 105 cm³/mol. The number of rotatable bonds is 5. The van der Waals surface area contributed by atoms with Gasteiger partial charge in [0.1, 0.15) is 11.6 Å². The minimum absolute atomic E-state index is 0.264. The van der Waals surface area contributed by atoms with Crippen molar-refractivity contribution in [1.82, 2.24) is 15.0 Å². The van der Waals surface area contributed by atoms with Crippen molar-refractivity contribution in [3.63, 3.8) is 0 Å². The molecule has 0 bridgehead atoms. The number of anilines is 2. The molecule has 6 nitrogen and oxygen atoms in total. The molecule has 4 aromatic rings. The summed E-state index contributed by atoms with van der Waals surface area (Å²) in [4.78, 5) is 25.4. The van der Waals surface area contributed by atoms with Crippen LogP contribution < -0.4 is 10.6 Å². The molecule has 0 atom stereocenters. The molecule has 0 radical (unpaired) electrons. The van der Waals surface area contributed by atoms with E-state index >= 15 is 0 Å². The van der Waals surface area contributed by atoms with Crippen LogP contribution in [0.25, 0.3) is 10.8 Å². The lowest BCUT2D eigenvalue weighted by atomic mass is 10.2. The van der Waals surface area contributed by atoms with Crippen LogP contribution in [0.15, 0.2) is 79.4 Å². The van der Waals surface area contributed by atoms with Crippen molar-refractivity contribution in [1.29, 1.82) is 0 Å². The van der Waals surface area contributed by atoms with Crippen LogP contribution in [-0.2, 0) is 6.54 Å². The average molecular weight is 355 g/mol. The molecule has 3 heterocycles. The van der Waals surface area contributed by atoms with Crippen LogP contribution in [0.2, 0.25) is 0 Å². The molecule has 0 saturated carbocycles. The zero-order chi connectivity index (χ0) is 18.5. The first-order valence-corrected chi connectivity index (χ1v) is 8.53. The Bertz CT molecular complexity index is 1080. The number of carbonyl (C=O) groups is 1. The molecule has 0 aliphatic rings. The van der Waals surface area contributed by atoms with Crippen LogP contribution in [0, 0.1) is 0 Å². The number of benzene rings is 1. The van der Waals surface area contributed by atoms with Gasteiger partial charge in [0.25, 0.3) is 5.91 Å². The van der Waals surface area contributed by atoms with Crippen molar-refractivity contribution in [2.75, 3.05) is 10.6 Å². The van der Waals surface area contributed by atoms with Gasteiger partial charge in [0, 0.05) is 36.7 Å². The molecule has 0 spiro atoms. The highest BCUT2D eigenvalue weighted by Gasteiger charge is 2.13. The number of pyridine rings is 3. The lowest BCUT2D eigenvalue weighted by Gasteiger charge is -2.11. The Labute approximate surface area is 156 Å². The number of carbonyl (C=O) groups excluding carboxylic acids is 1. The topological polar surface area (TPSA) is 79.8 Å². The van der Waals surface area contributed by atoms with Crippen LogP contribution in [0.4, 0.5) is 11.6 Å². The lowest BCUT2D eigenvalue weighted by Crippen LogP contribution is -2.16. The van der Waals surface area contributed by atoms with Gasteiger partial charge >= 0.3 is 0 Å². The predicted octanol–water partition coefficient (Wildman–Crippen LogP) is 3.89. The number of nitrogens with one attached hydrogen (secondary N) is 2. The summed E-state index contributed by atoms with van der Waals surface area (Å²) in [7, 11) is 0. The smallest absolute Gasteiger partial charge is 0.260 e. The maximum Gasteiger partial charge on any atom is 0.260 e. The maximum atomic E-state index is 12.7.